The van der Waals surface area contributed by atoms with E-state index < -0.39 is 5.97 Å². The fraction of sp³-hybridized carbons (Fsp3) is 0.562. The van der Waals surface area contributed by atoms with Crippen molar-refractivity contribution in [3.05, 3.63) is 29.8 Å². The van der Waals surface area contributed by atoms with Crippen LogP contribution in [0, 0.1) is 0 Å². The molecule has 4 heteroatoms. The fourth-order valence-electron chi connectivity index (χ4n) is 2.29. The van der Waals surface area contributed by atoms with Crippen LogP contribution in [0.15, 0.2) is 24.3 Å². The van der Waals surface area contributed by atoms with Crippen LogP contribution in [0.2, 0.25) is 0 Å². The van der Waals surface area contributed by atoms with Gasteiger partial charge in [0.15, 0.2) is 0 Å². The SMILES string of the molecule is CCOc1ccc(C(C)N(CC(=O)O)C(C)(C)C)cc1. The fourth-order valence-corrected chi connectivity index (χ4v) is 2.29. The minimum absolute atomic E-state index is 0.0257. The first-order valence-corrected chi connectivity index (χ1v) is 6.97. The van der Waals surface area contributed by atoms with Crippen LogP contribution in [0.5, 0.6) is 5.75 Å². The maximum absolute atomic E-state index is 11.1. The van der Waals surface area contributed by atoms with E-state index in [1.807, 2.05) is 63.8 Å². The van der Waals surface area contributed by atoms with E-state index in [4.69, 9.17) is 9.84 Å². The Labute approximate surface area is 121 Å². The summed E-state index contributed by atoms with van der Waals surface area (Å²) in [5.41, 5.74) is 0.876. The minimum Gasteiger partial charge on any atom is -0.494 e. The quantitative estimate of drug-likeness (QED) is 0.867. The summed E-state index contributed by atoms with van der Waals surface area (Å²) >= 11 is 0. The lowest BCUT2D eigenvalue weighted by Crippen LogP contribution is -2.45. The molecule has 0 radical (unpaired) electrons. The second kappa shape index (κ2) is 6.75. The molecule has 0 heterocycles. The van der Waals surface area contributed by atoms with Crippen LogP contribution in [0.1, 0.15) is 46.2 Å². The summed E-state index contributed by atoms with van der Waals surface area (Å²) in [5, 5.41) is 9.10. The molecule has 112 valence electrons. The number of rotatable bonds is 6. The zero-order chi connectivity index (χ0) is 15.3. The molecule has 1 N–H and O–H groups in total. The highest BCUT2D eigenvalue weighted by molar-refractivity contribution is 5.69. The third-order valence-electron chi connectivity index (χ3n) is 3.31. The van der Waals surface area contributed by atoms with Crippen LogP contribution in [0.25, 0.3) is 0 Å². The molecular formula is C16H25NO3. The summed E-state index contributed by atoms with van der Waals surface area (Å²) in [4.78, 5) is 13.0. The van der Waals surface area contributed by atoms with E-state index >= 15 is 0 Å². The van der Waals surface area contributed by atoms with E-state index in [1.54, 1.807) is 0 Å². The monoisotopic (exact) mass is 279 g/mol. The summed E-state index contributed by atoms with van der Waals surface area (Å²) in [6, 6.07) is 7.88. The number of carboxylic acid groups (broad SMARTS) is 1. The molecule has 0 fully saturated rings. The average Bonchev–Trinajstić information content (AvgIpc) is 2.35. The average molecular weight is 279 g/mol. The van der Waals surface area contributed by atoms with Crippen molar-refractivity contribution < 1.29 is 14.6 Å². The maximum Gasteiger partial charge on any atom is 0.317 e. The number of carboxylic acids is 1. The van der Waals surface area contributed by atoms with E-state index in [0.29, 0.717) is 6.61 Å². The number of ether oxygens (including phenoxy) is 1. The molecule has 0 aliphatic heterocycles. The van der Waals surface area contributed by atoms with E-state index in [9.17, 15) is 4.79 Å². The predicted octanol–water partition coefficient (Wildman–Crippen LogP) is 3.33. The van der Waals surface area contributed by atoms with Crippen molar-refractivity contribution in [3.63, 3.8) is 0 Å². The molecule has 20 heavy (non-hydrogen) atoms. The highest BCUT2D eigenvalue weighted by atomic mass is 16.5. The van der Waals surface area contributed by atoms with Crippen molar-refractivity contribution >= 4 is 5.97 Å². The lowest BCUT2D eigenvalue weighted by molar-refractivity contribution is -0.140. The standard InChI is InChI=1S/C16H25NO3/c1-6-20-14-9-7-13(8-10-14)12(2)17(11-15(18)19)16(3,4)5/h7-10,12H,6,11H2,1-5H3,(H,18,19). The van der Waals surface area contributed by atoms with Crippen LogP contribution >= 0.6 is 0 Å². The summed E-state index contributed by atoms with van der Waals surface area (Å²) < 4.78 is 5.43. The molecule has 1 atom stereocenters. The summed E-state index contributed by atoms with van der Waals surface area (Å²) in [6.07, 6.45) is 0. The van der Waals surface area contributed by atoms with Gasteiger partial charge in [0.05, 0.1) is 13.2 Å². The lowest BCUT2D eigenvalue weighted by atomic mass is 9.99. The Bertz CT molecular complexity index is 434. The van der Waals surface area contributed by atoms with E-state index in [0.717, 1.165) is 11.3 Å². The van der Waals surface area contributed by atoms with Gasteiger partial charge in [-0.25, -0.2) is 0 Å². The van der Waals surface area contributed by atoms with Gasteiger partial charge in [-0.05, 0) is 52.3 Å². The van der Waals surface area contributed by atoms with Crippen LogP contribution in [-0.4, -0.2) is 34.7 Å². The molecule has 0 saturated carbocycles. The molecule has 0 amide bonds. The Morgan fingerprint density at radius 3 is 2.25 bits per heavy atom. The maximum atomic E-state index is 11.1. The largest absolute Gasteiger partial charge is 0.494 e. The number of benzene rings is 1. The zero-order valence-electron chi connectivity index (χ0n) is 13.0. The van der Waals surface area contributed by atoms with Crippen LogP contribution in [-0.2, 0) is 4.79 Å². The third-order valence-corrected chi connectivity index (χ3v) is 3.31. The molecule has 0 aliphatic carbocycles. The van der Waals surface area contributed by atoms with Crippen molar-refractivity contribution in [2.75, 3.05) is 13.2 Å². The molecule has 4 nitrogen and oxygen atoms in total. The number of hydrogen-bond donors (Lipinski definition) is 1. The molecule has 0 aliphatic rings. The van der Waals surface area contributed by atoms with Crippen LogP contribution < -0.4 is 4.74 Å². The normalized spacial score (nSPS) is 13.3. The van der Waals surface area contributed by atoms with Crippen molar-refractivity contribution in [2.45, 2.75) is 46.2 Å². The Morgan fingerprint density at radius 1 is 1.30 bits per heavy atom. The first-order valence-electron chi connectivity index (χ1n) is 6.97. The van der Waals surface area contributed by atoms with Crippen molar-refractivity contribution in [1.82, 2.24) is 4.90 Å². The van der Waals surface area contributed by atoms with Gasteiger partial charge in [0.1, 0.15) is 5.75 Å². The van der Waals surface area contributed by atoms with Crippen LogP contribution in [0.4, 0.5) is 0 Å². The van der Waals surface area contributed by atoms with Gasteiger partial charge in [0.25, 0.3) is 0 Å². The highest BCUT2D eigenvalue weighted by Gasteiger charge is 2.28. The molecule has 1 aromatic rings. The highest BCUT2D eigenvalue weighted by Crippen LogP contribution is 2.28. The van der Waals surface area contributed by atoms with E-state index in [1.165, 1.54) is 0 Å². The third kappa shape index (κ3) is 4.53. The summed E-state index contributed by atoms with van der Waals surface area (Å²) in [7, 11) is 0. The molecule has 0 bridgehead atoms. The van der Waals surface area contributed by atoms with Gasteiger partial charge in [0, 0.05) is 11.6 Å². The van der Waals surface area contributed by atoms with Crippen LogP contribution in [0.3, 0.4) is 0 Å². The Balaban J connectivity index is 2.93. The zero-order valence-corrected chi connectivity index (χ0v) is 13.0. The van der Waals surface area contributed by atoms with Gasteiger partial charge in [-0.15, -0.1) is 0 Å². The first-order chi connectivity index (χ1) is 9.25. The van der Waals surface area contributed by atoms with Gasteiger partial charge in [-0.1, -0.05) is 12.1 Å². The van der Waals surface area contributed by atoms with Crippen molar-refractivity contribution in [1.29, 1.82) is 0 Å². The molecule has 1 rings (SSSR count). The first kappa shape index (κ1) is 16.5. The van der Waals surface area contributed by atoms with Gasteiger partial charge in [-0.3, -0.25) is 9.69 Å². The molecule has 0 spiro atoms. The molecule has 0 aromatic heterocycles. The van der Waals surface area contributed by atoms with E-state index in [2.05, 4.69) is 0 Å². The van der Waals surface area contributed by atoms with Gasteiger partial charge in [-0.2, -0.15) is 0 Å². The Hall–Kier alpha value is -1.55. The predicted molar refractivity (Wildman–Crippen MR) is 80.1 cm³/mol. The van der Waals surface area contributed by atoms with Gasteiger partial charge in [0.2, 0.25) is 0 Å². The molecule has 0 saturated heterocycles. The number of carbonyl (C=O) groups is 1. The molecule has 1 unspecified atom stereocenters. The Morgan fingerprint density at radius 2 is 1.85 bits per heavy atom. The number of hydrogen-bond acceptors (Lipinski definition) is 3. The lowest BCUT2D eigenvalue weighted by Gasteiger charge is -2.39. The second-order valence-corrected chi connectivity index (χ2v) is 5.87. The summed E-state index contributed by atoms with van der Waals surface area (Å²) in [6.45, 7) is 10.7. The van der Waals surface area contributed by atoms with E-state index in [-0.39, 0.29) is 18.1 Å². The number of aliphatic carboxylic acids is 1. The van der Waals surface area contributed by atoms with Gasteiger partial charge >= 0.3 is 5.97 Å². The minimum atomic E-state index is -0.808. The molecular weight excluding hydrogens is 254 g/mol. The summed E-state index contributed by atoms with van der Waals surface area (Å²) in [5.74, 6) is 0.0294. The Kier molecular flexibility index (Phi) is 5.57. The second-order valence-electron chi connectivity index (χ2n) is 5.87. The topological polar surface area (TPSA) is 49.8 Å². The van der Waals surface area contributed by atoms with Crippen molar-refractivity contribution in [2.24, 2.45) is 0 Å². The molecule has 1 aromatic carbocycles. The van der Waals surface area contributed by atoms with Crippen molar-refractivity contribution in [3.8, 4) is 5.75 Å². The smallest absolute Gasteiger partial charge is 0.317 e. The number of nitrogens with zero attached hydrogens (tertiary/aromatic N) is 1. The van der Waals surface area contributed by atoms with Gasteiger partial charge < -0.3 is 9.84 Å².